The molecule has 0 amide bonds. The van der Waals surface area contributed by atoms with Crippen molar-refractivity contribution >= 4 is 17.2 Å². The van der Waals surface area contributed by atoms with Gasteiger partial charge in [-0.15, -0.1) is 0 Å². The molecule has 0 aliphatic rings. The molecule has 0 atom stereocenters. The zero-order valence-electron chi connectivity index (χ0n) is 11.2. The lowest BCUT2D eigenvalue weighted by molar-refractivity contribution is 0.112. The highest BCUT2D eigenvalue weighted by Gasteiger charge is 2.06. The summed E-state index contributed by atoms with van der Waals surface area (Å²) in [5.74, 6) is 0.888. The summed E-state index contributed by atoms with van der Waals surface area (Å²) in [6.45, 7) is 0.744. The van der Waals surface area contributed by atoms with E-state index in [2.05, 4.69) is 10.6 Å². The third-order valence-electron chi connectivity index (χ3n) is 3.46. The number of carbonyl (C=O) groups excluding carboxylic acids is 1. The van der Waals surface area contributed by atoms with Gasteiger partial charge in [-0.1, -0.05) is 18.2 Å². The summed E-state index contributed by atoms with van der Waals surface area (Å²) in [6.07, 6.45) is 2.91. The van der Waals surface area contributed by atoms with Crippen molar-refractivity contribution in [1.82, 2.24) is 4.57 Å². The van der Waals surface area contributed by atoms with Crippen LogP contribution in [0.3, 0.4) is 0 Å². The fourth-order valence-corrected chi connectivity index (χ4v) is 2.45. The Morgan fingerprint density at radius 1 is 1.15 bits per heavy atom. The minimum absolute atomic E-state index is 0.701. The van der Waals surface area contributed by atoms with E-state index in [-0.39, 0.29) is 0 Å². The topological polar surface area (TPSA) is 31.2 Å². The normalized spacial score (nSPS) is 10.7. The average Bonchev–Trinajstić information content (AvgIpc) is 2.90. The van der Waals surface area contributed by atoms with Gasteiger partial charge in [-0.2, -0.15) is 0 Å². The lowest BCUT2D eigenvalue weighted by Crippen LogP contribution is -2.00. The molecule has 0 aliphatic heterocycles. The van der Waals surface area contributed by atoms with E-state index < -0.39 is 0 Å². The maximum Gasteiger partial charge on any atom is 0.150 e. The van der Waals surface area contributed by atoms with Crippen LogP contribution in [0, 0.1) is 0 Å². The van der Waals surface area contributed by atoms with Gasteiger partial charge in [-0.3, -0.25) is 4.79 Å². The van der Waals surface area contributed by atoms with Crippen molar-refractivity contribution in [3.8, 4) is 5.75 Å². The first-order valence-corrected chi connectivity index (χ1v) is 6.48. The monoisotopic (exact) mass is 265 g/mol. The van der Waals surface area contributed by atoms with Gasteiger partial charge in [0.15, 0.2) is 0 Å². The molecule has 0 aliphatic carbocycles. The highest BCUT2D eigenvalue weighted by Crippen LogP contribution is 2.22. The Labute approximate surface area is 117 Å². The largest absolute Gasteiger partial charge is 0.496 e. The summed E-state index contributed by atoms with van der Waals surface area (Å²) in [4.78, 5) is 10.8. The van der Waals surface area contributed by atoms with E-state index in [1.807, 2.05) is 48.7 Å². The number of para-hydroxylation sites is 1. The van der Waals surface area contributed by atoms with Gasteiger partial charge in [0.05, 0.1) is 13.7 Å². The molecule has 1 aromatic heterocycles. The maximum atomic E-state index is 10.8. The molecule has 3 heteroatoms. The molecule has 20 heavy (non-hydrogen) atoms. The number of carbonyl (C=O) groups is 1. The summed E-state index contributed by atoms with van der Waals surface area (Å²) in [5.41, 5.74) is 2.95. The average molecular weight is 265 g/mol. The second-order valence-electron chi connectivity index (χ2n) is 4.69. The number of ether oxygens (including phenoxy) is 1. The van der Waals surface area contributed by atoms with Crippen molar-refractivity contribution in [3.63, 3.8) is 0 Å². The van der Waals surface area contributed by atoms with Crippen LogP contribution in [-0.4, -0.2) is 18.0 Å². The number of rotatable bonds is 4. The molecule has 0 saturated heterocycles. The lowest BCUT2D eigenvalue weighted by atomic mass is 10.1. The Morgan fingerprint density at radius 3 is 2.80 bits per heavy atom. The molecule has 3 aromatic rings. The van der Waals surface area contributed by atoms with Crippen molar-refractivity contribution < 1.29 is 9.53 Å². The van der Waals surface area contributed by atoms with Crippen LogP contribution in [0.4, 0.5) is 0 Å². The molecule has 2 aromatic carbocycles. The summed E-state index contributed by atoms with van der Waals surface area (Å²) in [6, 6.07) is 15.7. The van der Waals surface area contributed by atoms with Crippen molar-refractivity contribution in [3.05, 3.63) is 65.9 Å². The smallest absolute Gasteiger partial charge is 0.150 e. The molecule has 0 N–H and O–H groups in total. The predicted octanol–water partition coefficient (Wildman–Crippen LogP) is 3.51. The lowest BCUT2D eigenvalue weighted by Gasteiger charge is -2.10. The summed E-state index contributed by atoms with van der Waals surface area (Å²) < 4.78 is 7.54. The van der Waals surface area contributed by atoms with E-state index in [0.717, 1.165) is 35.0 Å². The van der Waals surface area contributed by atoms with Gasteiger partial charge in [-0.25, -0.2) is 0 Å². The molecular formula is C17H15NO2. The third kappa shape index (κ3) is 2.18. The highest BCUT2D eigenvalue weighted by atomic mass is 16.5. The highest BCUT2D eigenvalue weighted by molar-refractivity contribution is 5.87. The molecule has 1 heterocycles. The summed E-state index contributed by atoms with van der Waals surface area (Å²) in [5, 5.41) is 1.07. The Balaban J connectivity index is 2.01. The van der Waals surface area contributed by atoms with Crippen molar-refractivity contribution in [2.75, 3.05) is 7.11 Å². The predicted molar refractivity (Wildman–Crippen MR) is 79.4 cm³/mol. The quantitative estimate of drug-likeness (QED) is 0.676. The van der Waals surface area contributed by atoms with Crippen molar-refractivity contribution in [2.45, 2.75) is 6.54 Å². The van der Waals surface area contributed by atoms with Crippen LogP contribution in [0.1, 0.15) is 15.9 Å². The van der Waals surface area contributed by atoms with E-state index in [4.69, 9.17) is 4.74 Å². The first kappa shape index (κ1) is 12.5. The number of hydrogen-bond donors (Lipinski definition) is 0. The number of methoxy groups -OCH3 is 1. The molecule has 3 nitrogen and oxygen atoms in total. The standard InChI is InChI=1S/C17H15NO2/c1-20-17-5-3-2-4-15(17)11-18-9-8-14-10-13(12-19)6-7-16(14)18/h2-10,12H,11H2,1H3. The second kappa shape index (κ2) is 5.21. The van der Waals surface area contributed by atoms with Crippen LogP contribution in [-0.2, 0) is 6.54 Å². The Bertz CT molecular complexity index is 759. The third-order valence-corrected chi connectivity index (χ3v) is 3.46. The molecule has 0 saturated carbocycles. The van der Waals surface area contributed by atoms with Gasteiger partial charge in [0.25, 0.3) is 0 Å². The van der Waals surface area contributed by atoms with Crippen LogP contribution in [0.2, 0.25) is 0 Å². The molecule has 100 valence electrons. The van der Waals surface area contributed by atoms with Gasteiger partial charge in [0, 0.05) is 28.2 Å². The van der Waals surface area contributed by atoms with Crippen molar-refractivity contribution in [1.29, 1.82) is 0 Å². The fraction of sp³-hybridized carbons (Fsp3) is 0.118. The van der Waals surface area contributed by atoms with Gasteiger partial charge < -0.3 is 9.30 Å². The SMILES string of the molecule is COc1ccccc1Cn1ccc2cc(C=O)ccc21. The van der Waals surface area contributed by atoms with Crippen LogP contribution in [0.25, 0.3) is 10.9 Å². The molecule has 0 spiro atoms. The summed E-state index contributed by atoms with van der Waals surface area (Å²) in [7, 11) is 1.68. The number of fused-ring (bicyclic) bond motifs is 1. The van der Waals surface area contributed by atoms with Gasteiger partial charge in [-0.05, 0) is 30.3 Å². The van der Waals surface area contributed by atoms with Gasteiger partial charge >= 0.3 is 0 Å². The Kier molecular flexibility index (Phi) is 3.25. The minimum Gasteiger partial charge on any atom is -0.496 e. The van der Waals surface area contributed by atoms with Crippen molar-refractivity contribution in [2.24, 2.45) is 0 Å². The maximum absolute atomic E-state index is 10.8. The molecule has 0 fully saturated rings. The molecule has 0 radical (unpaired) electrons. The van der Waals surface area contributed by atoms with E-state index >= 15 is 0 Å². The number of hydrogen-bond acceptors (Lipinski definition) is 2. The number of benzene rings is 2. The van der Waals surface area contributed by atoms with Gasteiger partial charge in [0.1, 0.15) is 12.0 Å². The Morgan fingerprint density at radius 2 is 2.00 bits per heavy atom. The number of aromatic nitrogens is 1. The molecular weight excluding hydrogens is 250 g/mol. The molecule has 0 unspecified atom stereocenters. The summed E-state index contributed by atoms with van der Waals surface area (Å²) >= 11 is 0. The van der Waals surface area contributed by atoms with Crippen LogP contribution >= 0.6 is 0 Å². The second-order valence-corrected chi connectivity index (χ2v) is 4.69. The van der Waals surface area contributed by atoms with Crippen LogP contribution in [0.5, 0.6) is 5.75 Å². The first-order valence-electron chi connectivity index (χ1n) is 6.48. The van der Waals surface area contributed by atoms with E-state index in [0.29, 0.717) is 5.56 Å². The number of aldehydes is 1. The van der Waals surface area contributed by atoms with Crippen LogP contribution < -0.4 is 4.74 Å². The fourth-order valence-electron chi connectivity index (χ4n) is 2.45. The molecule has 0 bridgehead atoms. The zero-order valence-corrected chi connectivity index (χ0v) is 11.2. The first-order chi connectivity index (χ1) is 9.81. The Hall–Kier alpha value is -2.55. The van der Waals surface area contributed by atoms with Crippen LogP contribution in [0.15, 0.2) is 54.7 Å². The van der Waals surface area contributed by atoms with E-state index in [1.165, 1.54) is 0 Å². The number of nitrogens with zero attached hydrogens (tertiary/aromatic N) is 1. The zero-order chi connectivity index (χ0) is 13.9. The van der Waals surface area contributed by atoms with E-state index in [1.54, 1.807) is 7.11 Å². The molecule has 3 rings (SSSR count). The van der Waals surface area contributed by atoms with Gasteiger partial charge in [0.2, 0.25) is 0 Å². The van der Waals surface area contributed by atoms with E-state index in [9.17, 15) is 4.79 Å². The minimum atomic E-state index is 0.701.